The minimum Gasteiger partial charge on any atom is -0.474 e. The number of anilines is 2. The van der Waals surface area contributed by atoms with Gasteiger partial charge in [0.05, 0.1) is 18.1 Å². The summed E-state index contributed by atoms with van der Waals surface area (Å²) in [7, 11) is 0. The van der Waals surface area contributed by atoms with Crippen LogP contribution in [0.15, 0.2) is 55.2 Å². The molecule has 0 unspecified atom stereocenters. The van der Waals surface area contributed by atoms with Crippen LogP contribution in [0.5, 0.6) is 5.88 Å². The first kappa shape index (κ1) is 14.7. The number of imidazole rings is 1. The van der Waals surface area contributed by atoms with E-state index < -0.39 is 0 Å². The van der Waals surface area contributed by atoms with E-state index in [0.717, 1.165) is 30.2 Å². The van der Waals surface area contributed by atoms with Crippen molar-refractivity contribution in [1.29, 1.82) is 0 Å². The third kappa shape index (κ3) is 3.37. The zero-order valence-corrected chi connectivity index (χ0v) is 13.3. The molecule has 1 aliphatic rings. The molecule has 1 fully saturated rings. The van der Waals surface area contributed by atoms with Gasteiger partial charge in [0.2, 0.25) is 5.88 Å². The van der Waals surface area contributed by atoms with Crippen LogP contribution in [0.25, 0.3) is 5.69 Å². The monoisotopic (exact) mass is 321 g/mol. The predicted octanol–water partition coefficient (Wildman–Crippen LogP) is 3.73. The molecule has 1 saturated carbocycles. The second-order valence-electron chi connectivity index (χ2n) is 5.89. The van der Waals surface area contributed by atoms with Crippen LogP contribution in [0, 0.1) is 0 Å². The fourth-order valence-electron chi connectivity index (χ4n) is 2.89. The van der Waals surface area contributed by atoms with Crippen molar-refractivity contribution in [3.05, 3.63) is 55.2 Å². The molecule has 3 heterocycles. The minimum absolute atomic E-state index is 0.303. The van der Waals surface area contributed by atoms with Gasteiger partial charge in [0.15, 0.2) is 0 Å². The summed E-state index contributed by atoms with van der Waals surface area (Å²) in [5.74, 6) is 2.12. The smallest absolute Gasteiger partial charge is 0.215 e. The second kappa shape index (κ2) is 6.70. The Balaban J connectivity index is 1.46. The molecular weight excluding hydrogens is 302 g/mol. The van der Waals surface area contributed by atoms with Crippen LogP contribution in [-0.2, 0) is 0 Å². The molecule has 3 aromatic rings. The maximum absolute atomic E-state index is 5.94. The van der Waals surface area contributed by atoms with Crippen LogP contribution in [0.1, 0.15) is 25.7 Å². The summed E-state index contributed by atoms with van der Waals surface area (Å²) >= 11 is 0. The molecule has 0 aliphatic heterocycles. The zero-order valence-electron chi connectivity index (χ0n) is 13.3. The lowest BCUT2D eigenvalue weighted by atomic mass is 10.3. The first-order chi connectivity index (χ1) is 11.9. The third-order valence-electron chi connectivity index (χ3n) is 4.10. The molecule has 6 heteroatoms. The van der Waals surface area contributed by atoms with Crippen molar-refractivity contribution in [2.45, 2.75) is 31.8 Å². The average molecular weight is 321 g/mol. The number of nitrogens with zero attached hydrogens (tertiary/aromatic N) is 4. The Kier molecular flexibility index (Phi) is 4.10. The number of rotatable bonds is 5. The highest BCUT2D eigenvalue weighted by Crippen LogP contribution is 2.24. The standard InChI is InChI=1S/C18H19N5O/c1-2-7-15(6-1)24-18-9-3-8-16(22-18)21-17-12-23(13-20-17)14-5-4-10-19-11-14/h3-5,8-13,15H,1-2,6-7H2,(H,21,22). The van der Waals surface area contributed by atoms with Crippen molar-refractivity contribution in [1.82, 2.24) is 19.5 Å². The number of hydrogen-bond acceptors (Lipinski definition) is 5. The number of ether oxygens (including phenoxy) is 1. The van der Waals surface area contributed by atoms with Crippen LogP contribution >= 0.6 is 0 Å². The SMILES string of the molecule is c1cncc(-n2cnc(Nc3cccc(OC4CCCC4)n3)c2)c1. The largest absolute Gasteiger partial charge is 0.474 e. The van der Waals surface area contributed by atoms with Crippen LogP contribution in [0.2, 0.25) is 0 Å². The maximum Gasteiger partial charge on any atom is 0.215 e. The summed E-state index contributed by atoms with van der Waals surface area (Å²) in [4.78, 5) is 13.0. The Morgan fingerprint density at radius 1 is 1.08 bits per heavy atom. The quantitative estimate of drug-likeness (QED) is 0.776. The lowest BCUT2D eigenvalue weighted by Crippen LogP contribution is -2.12. The van der Waals surface area contributed by atoms with E-state index >= 15 is 0 Å². The van der Waals surface area contributed by atoms with Crippen LogP contribution in [0.3, 0.4) is 0 Å². The molecule has 0 atom stereocenters. The fraction of sp³-hybridized carbons (Fsp3) is 0.278. The van der Waals surface area contributed by atoms with E-state index in [1.54, 1.807) is 18.7 Å². The second-order valence-corrected chi connectivity index (χ2v) is 5.89. The number of nitrogens with one attached hydrogen (secondary N) is 1. The Bertz CT molecular complexity index is 796. The molecule has 1 aliphatic carbocycles. The van der Waals surface area contributed by atoms with Gasteiger partial charge in [0, 0.05) is 12.3 Å². The molecule has 0 aromatic carbocycles. The van der Waals surface area contributed by atoms with Gasteiger partial charge in [-0.15, -0.1) is 0 Å². The molecule has 122 valence electrons. The van der Waals surface area contributed by atoms with Gasteiger partial charge in [-0.1, -0.05) is 6.07 Å². The Morgan fingerprint density at radius 3 is 2.83 bits per heavy atom. The van der Waals surface area contributed by atoms with Crippen molar-refractivity contribution < 1.29 is 4.74 Å². The predicted molar refractivity (Wildman–Crippen MR) is 91.8 cm³/mol. The Morgan fingerprint density at radius 2 is 2.00 bits per heavy atom. The minimum atomic E-state index is 0.303. The van der Waals surface area contributed by atoms with E-state index in [-0.39, 0.29) is 0 Å². The lowest BCUT2D eigenvalue weighted by Gasteiger charge is -2.12. The van der Waals surface area contributed by atoms with Gasteiger partial charge in [-0.2, -0.15) is 4.98 Å². The van der Waals surface area contributed by atoms with Crippen molar-refractivity contribution in [3.8, 4) is 11.6 Å². The summed E-state index contributed by atoms with van der Waals surface area (Å²) in [5.41, 5.74) is 0.962. The van der Waals surface area contributed by atoms with E-state index in [4.69, 9.17) is 4.74 Å². The van der Waals surface area contributed by atoms with E-state index in [0.29, 0.717) is 12.0 Å². The van der Waals surface area contributed by atoms with Gasteiger partial charge in [0.25, 0.3) is 0 Å². The van der Waals surface area contributed by atoms with E-state index in [1.165, 1.54) is 12.8 Å². The summed E-state index contributed by atoms with van der Waals surface area (Å²) in [6.45, 7) is 0. The van der Waals surface area contributed by atoms with Crippen molar-refractivity contribution in [2.24, 2.45) is 0 Å². The maximum atomic E-state index is 5.94. The summed E-state index contributed by atoms with van der Waals surface area (Å²) in [6.07, 6.45) is 12.2. The van der Waals surface area contributed by atoms with Gasteiger partial charge in [-0.05, 0) is 43.9 Å². The van der Waals surface area contributed by atoms with Gasteiger partial charge < -0.3 is 14.6 Å². The highest BCUT2D eigenvalue weighted by molar-refractivity contribution is 5.52. The van der Waals surface area contributed by atoms with E-state index in [1.807, 2.05) is 41.1 Å². The number of hydrogen-bond donors (Lipinski definition) is 1. The Labute approximate surface area is 140 Å². The van der Waals surface area contributed by atoms with Crippen LogP contribution < -0.4 is 10.1 Å². The molecule has 0 amide bonds. The highest BCUT2D eigenvalue weighted by atomic mass is 16.5. The Hall–Kier alpha value is -2.89. The molecule has 6 nitrogen and oxygen atoms in total. The fourth-order valence-corrected chi connectivity index (χ4v) is 2.89. The zero-order chi connectivity index (χ0) is 16.2. The molecule has 0 bridgehead atoms. The van der Waals surface area contributed by atoms with E-state index in [9.17, 15) is 0 Å². The topological polar surface area (TPSA) is 64.9 Å². The molecule has 3 aromatic heterocycles. The van der Waals surface area contributed by atoms with Gasteiger partial charge in [-0.25, -0.2) is 4.98 Å². The van der Waals surface area contributed by atoms with Crippen molar-refractivity contribution in [2.75, 3.05) is 5.32 Å². The molecule has 24 heavy (non-hydrogen) atoms. The van der Waals surface area contributed by atoms with Gasteiger partial charge in [-0.3, -0.25) is 4.98 Å². The molecule has 0 saturated heterocycles. The molecule has 0 spiro atoms. The van der Waals surface area contributed by atoms with Crippen LogP contribution in [0.4, 0.5) is 11.6 Å². The van der Waals surface area contributed by atoms with Crippen molar-refractivity contribution in [3.63, 3.8) is 0 Å². The van der Waals surface area contributed by atoms with Crippen molar-refractivity contribution >= 4 is 11.6 Å². The lowest BCUT2D eigenvalue weighted by molar-refractivity contribution is 0.202. The molecule has 1 N–H and O–H groups in total. The van der Waals surface area contributed by atoms with Crippen LogP contribution in [-0.4, -0.2) is 25.6 Å². The summed E-state index contributed by atoms with van der Waals surface area (Å²) in [5, 5.41) is 3.22. The van der Waals surface area contributed by atoms with Gasteiger partial charge in [0.1, 0.15) is 24.1 Å². The first-order valence-electron chi connectivity index (χ1n) is 8.22. The highest BCUT2D eigenvalue weighted by Gasteiger charge is 2.17. The first-order valence-corrected chi connectivity index (χ1v) is 8.22. The average Bonchev–Trinajstić information content (AvgIpc) is 3.28. The number of aromatic nitrogens is 4. The molecular formula is C18H19N5O. The normalized spacial score (nSPS) is 14.7. The molecule has 0 radical (unpaired) electrons. The third-order valence-corrected chi connectivity index (χ3v) is 4.10. The van der Waals surface area contributed by atoms with E-state index in [2.05, 4.69) is 20.3 Å². The molecule has 4 rings (SSSR count). The number of pyridine rings is 2. The summed E-state index contributed by atoms with van der Waals surface area (Å²) in [6, 6.07) is 9.63. The van der Waals surface area contributed by atoms with Gasteiger partial charge >= 0.3 is 0 Å². The summed E-state index contributed by atoms with van der Waals surface area (Å²) < 4.78 is 7.85.